The van der Waals surface area contributed by atoms with E-state index in [1.807, 2.05) is 38.1 Å². The molecule has 2 bridgehead atoms. The third kappa shape index (κ3) is 11.6. The summed E-state index contributed by atoms with van der Waals surface area (Å²) in [7, 11) is 0. The number of hydrogen-bond acceptors (Lipinski definition) is 11. The lowest BCUT2D eigenvalue weighted by Gasteiger charge is -2.47. The second-order valence-corrected chi connectivity index (χ2v) is 15.0. The summed E-state index contributed by atoms with van der Waals surface area (Å²) in [6.45, 7) is 5.45. The van der Waals surface area contributed by atoms with Gasteiger partial charge in [-0.3, -0.25) is 14.4 Å². The summed E-state index contributed by atoms with van der Waals surface area (Å²) in [6.07, 6.45) is 12.4. The van der Waals surface area contributed by atoms with E-state index in [2.05, 4.69) is 0 Å². The van der Waals surface area contributed by atoms with E-state index in [4.69, 9.17) is 28.4 Å². The van der Waals surface area contributed by atoms with Gasteiger partial charge in [0.15, 0.2) is 6.10 Å². The van der Waals surface area contributed by atoms with E-state index in [-0.39, 0.29) is 51.6 Å². The van der Waals surface area contributed by atoms with Crippen molar-refractivity contribution in [3.05, 3.63) is 96.1 Å². The molecule has 3 aliphatic heterocycles. The van der Waals surface area contributed by atoms with Gasteiger partial charge in [0.2, 0.25) is 0 Å². The molecule has 0 aromatic heterocycles. The number of piperidine rings is 1. The van der Waals surface area contributed by atoms with E-state index < -0.39 is 41.7 Å². The number of esters is 4. The van der Waals surface area contributed by atoms with Crippen LogP contribution in [-0.4, -0.2) is 91.7 Å². The number of rotatable bonds is 20. The zero-order valence-electron chi connectivity index (χ0n) is 33.4. The predicted octanol–water partition coefficient (Wildman–Crippen LogP) is 7.42. The van der Waals surface area contributed by atoms with Gasteiger partial charge in [-0.1, -0.05) is 98.8 Å². The average molecular weight is 789 g/mol. The fraction of sp³-hybridized carbons (Fsp3) is 0.533. The van der Waals surface area contributed by atoms with Crippen molar-refractivity contribution in [3.63, 3.8) is 0 Å². The number of nitrogens with zero attached hydrogens (tertiary/aromatic N) is 1. The molecule has 3 saturated heterocycles. The van der Waals surface area contributed by atoms with E-state index in [1.165, 1.54) is 25.9 Å². The average Bonchev–Trinajstić information content (AvgIpc) is 3.76. The van der Waals surface area contributed by atoms with Gasteiger partial charge in [-0.15, -0.1) is 0 Å². The molecule has 3 aliphatic rings. The van der Waals surface area contributed by atoms with Crippen LogP contribution in [0.2, 0.25) is 0 Å². The van der Waals surface area contributed by atoms with Crippen LogP contribution < -0.4 is 0 Å². The molecule has 12 nitrogen and oxygen atoms in total. The van der Waals surface area contributed by atoms with Crippen molar-refractivity contribution in [1.82, 2.24) is 0 Å². The number of carbonyl (C=O) groups excluding carboxylic acids is 5. The number of ether oxygens (including phenoxy) is 6. The monoisotopic (exact) mass is 788 g/mol. The highest BCUT2D eigenvalue weighted by Gasteiger charge is 2.57. The van der Waals surface area contributed by atoms with Gasteiger partial charge in [-0.2, -0.15) is 0 Å². The fourth-order valence-corrected chi connectivity index (χ4v) is 8.52. The highest BCUT2D eigenvalue weighted by Crippen LogP contribution is 2.47. The third-order valence-corrected chi connectivity index (χ3v) is 11.2. The quantitative estimate of drug-likeness (QED) is 0.0435. The molecule has 0 aliphatic carbocycles. The number of carbonyl (C=O) groups is 5. The minimum atomic E-state index is -1.95. The standard InChI is InChI=1S/C45H58NO11/c1-3-5-9-22-40(47)53-32-39(33-54-41(48)23-10-6-4-2)55-42(49)24-17-29-52-44(51)57-45(34-18-11-7-12-19-34,35-20-13-8-14-21-35)43(50)56-38-30-36-25-26-37(31-38)46(36)27-15-16-28-46/h5-14,18-21,36-39H,3-4,15-17,22-33H2,1-2H3/q+1/b9-5-,10-6-. The molecule has 308 valence electrons. The maximum atomic E-state index is 14.6. The minimum absolute atomic E-state index is 0.0542. The van der Waals surface area contributed by atoms with Gasteiger partial charge in [-0.25, -0.2) is 9.59 Å². The zero-order valence-corrected chi connectivity index (χ0v) is 33.4. The molecule has 2 atom stereocenters. The topological polar surface area (TPSA) is 141 Å². The maximum absolute atomic E-state index is 14.6. The van der Waals surface area contributed by atoms with Gasteiger partial charge in [0.1, 0.15) is 19.3 Å². The Balaban J connectivity index is 1.20. The van der Waals surface area contributed by atoms with Crippen LogP contribution in [0.3, 0.4) is 0 Å². The molecule has 3 heterocycles. The van der Waals surface area contributed by atoms with Crippen LogP contribution in [0.5, 0.6) is 0 Å². The van der Waals surface area contributed by atoms with Crippen LogP contribution in [-0.2, 0) is 53.2 Å². The van der Waals surface area contributed by atoms with E-state index >= 15 is 0 Å². The SMILES string of the molecule is CC/C=C\CC(=O)OCC(COC(=O)C/C=C\CC)OC(=O)CCCOC(=O)OC(C(=O)OC1CC2CCC(C1)[N+]21CCCC1)(c1ccccc1)c1ccccc1. The van der Waals surface area contributed by atoms with E-state index in [0.717, 1.165) is 43.0 Å². The summed E-state index contributed by atoms with van der Waals surface area (Å²) in [4.78, 5) is 65.3. The largest absolute Gasteiger partial charge is 0.510 e. The molecule has 2 aromatic rings. The third-order valence-electron chi connectivity index (χ3n) is 11.2. The Hall–Kier alpha value is -4.97. The lowest BCUT2D eigenvalue weighted by molar-refractivity contribution is -0.956. The van der Waals surface area contributed by atoms with E-state index in [0.29, 0.717) is 23.2 Å². The normalized spacial score (nSPS) is 19.8. The number of benzene rings is 2. The van der Waals surface area contributed by atoms with Crippen molar-refractivity contribution in [3.8, 4) is 0 Å². The summed E-state index contributed by atoms with van der Waals surface area (Å²) in [5.74, 6) is -2.39. The Kier molecular flexibility index (Phi) is 16.3. The predicted molar refractivity (Wildman–Crippen MR) is 210 cm³/mol. The molecule has 0 saturated carbocycles. The zero-order chi connectivity index (χ0) is 40.5. The molecule has 2 aromatic carbocycles. The van der Waals surface area contributed by atoms with Crippen molar-refractivity contribution in [1.29, 1.82) is 0 Å². The molecule has 5 rings (SSSR count). The molecule has 3 fully saturated rings. The molecular weight excluding hydrogens is 730 g/mol. The first-order chi connectivity index (χ1) is 27.7. The number of quaternary nitrogens is 1. The fourth-order valence-electron chi connectivity index (χ4n) is 8.52. The van der Waals surface area contributed by atoms with Crippen molar-refractivity contribution >= 4 is 30.0 Å². The van der Waals surface area contributed by atoms with E-state index in [1.54, 1.807) is 60.7 Å². The number of hydrogen-bond donors (Lipinski definition) is 0. The van der Waals surface area contributed by atoms with Crippen LogP contribution in [0.25, 0.3) is 0 Å². The summed E-state index contributed by atoms with van der Waals surface area (Å²) >= 11 is 0. The van der Waals surface area contributed by atoms with Crippen molar-refractivity contribution < 1.29 is 56.9 Å². The van der Waals surface area contributed by atoms with E-state index in [9.17, 15) is 24.0 Å². The molecule has 0 radical (unpaired) electrons. The van der Waals surface area contributed by atoms with Gasteiger partial charge >= 0.3 is 30.0 Å². The van der Waals surface area contributed by atoms with Gasteiger partial charge < -0.3 is 32.9 Å². The first-order valence-corrected chi connectivity index (χ1v) is 20.5. The first-order valence-electron chi connectivity index (χ1n) is 20.5. The highest BCUT2D eigenvalue weighted by atomic mass is 16.7. The van der Waals surface area contributed by atoms with Gasteiger partial charge in [0, 0.05) is 56.1 Å². The second-order valence-electron chi connectivity index (χ2n) is 15.0. The molecule has 2 unspecified atom stereocenters. The minimum Gasteiger partial charge on any atom is -0.461 e. The first kappa shape index (κ1) is 43.2. The Labute approximate surface area is 336 Å². The Morgan fingerprint density at radius 2 is 1.25 bits per heavy atom. The smallest absolute Gasteiger partial charge is 0.461 e. The Bertz CT molecular complexity index is 1600. The second kappa shape index (κ2) is 21.5. The van der Waals surface area contributed by atoms with Gasteiger partial charge in [-0.05, 0) is 19.3 Å². The van der Waals surface area contributed by atoms with Crippen LogP contribution in [0.4, 0.5) is 4.79 Å². The Morgan fingerprint density at radius 3 is 1.75 bits per heavy atom. The number of allylic oxidation sites excluding steroid dienone is 2. The van der Waals surface area contributed by atoms with Gasteiger partial charge in [0.25, 0.3) is 5.60 Å². The summed E-state index contributed by atoms with van der Waals surface area (Å²) in [6, 6.07) is 18.5. The Morgan fingerprint density at radius 1 is 0.719 bits per heavy atom. The lowest BCUT2D eigenvalue weighted by Crippen LogP contribution is -2.60. The molecule has 0 N–H and O–H groups in total. The van der Waals surface area contributed by atoms with Gasteiger partial charge in [0.05, 0.1) is 44.6 Å². The van der Waals surface area contributed by atoms with Crippen LogP contribution >= 0.6 is 0 Å². The molecule has 0 amide bonds. The van der Waals surface area contributed by atoms with Crippen molar-refractivity contribution in [2.45, 2.75) is 121 Å². The lowest BCUT2D eigenvalue weighted by atomic mass is 9.85. The highest BCUT2D eigenvalue weighted by molar-refractivity contribution is 5.88. The summed E-state index contributed by atoms with van der Waals surface area (Å²) in [5, 5.41) is 0. The molecule has 57 heavy (non-hydrogen) atoms. The maximum Gasteiger partial charge on any atom is 0.510 e. The molecule has 12 heteroatoms. The summed E-state index contributed by atoms with van der Waals surface area (Å²) < 4.78 is 35.1. The van der Waals surface area contributed by atoms with Crippen LogP contribution in [0.15, 0.2) is 85.0 Å². The van der Waals surface area contributed by atoms with Crippen molar-refractivity contribution in [2.24, 2.45) is 0 Å². The molecule has 1 spiro atoms. The molecular formula is C45H58NO11+. The summed E-state index contributed by atoms with van der Waals surface area (Å²) in [5.41, 5.74) is -1.12. The van der Waals surface area contributed by atoms with Crippen LogP contribution in [0.1, 0.15) is 102 Å². The van der Waals surface area contributed by atoms with Crippen LogP contribution in [0, 0.1) is 0 Å². The van der Waals surface area contributed by atoms with Crippen molar-refractivity contribution in [2.75, 3.05) is 32.9 Å².